The first kappa shape index (κ1) is 20.2. The molecular weight excluding hydrogens is 379 g/mol. The van der Waals surface area contributed by atoms with Gasteiger partial charge in [0.25, 0.3) is 0 Å². The number of amides is 1. The second-order valence-electron chi connectivity index (χ2n) is 7.53. The SMILES string of the molecule is Cc1cc(CCC(=O)N2CC(N3CCc4ccccc4C3)C2)ccc1Cl.Cl. The van der Waals surface area contributed by atoms with Crippen molar-refractivity contribution in [2.75, 3.05) is 19.6 Å². The van der Waals surface area contributed by atoms with Gasteiger partial charge in [-0.15, -0.1) is 12.4 Å². The standard InChI is InChI=1S/C22H25ClN2O.ClH/c1-16-12-17(6-8-21(16)23)7-9-22(26)25-14-20(15-25)24-11-10-18-4-2-3-5-19(18)13-24;/h2-6,8,12,20H,7,9-11,13-15H2,1H3;1H. The van der Waals surface area contributed by atoms with Crippen LogP contribution in [-0.4, -0.2) is 41.4 Å². The topological polar surface area (TPSA) is 23.6 Å². The molecule has 2 aromatic carbocycles. The number of hydrogen-bond donors (Lipinski definition) is 0. The van der Waals surface area contributed by atoms with Gasteiger partial charge in [0.1, 0.15) is 0 Å². The minimum absolute atomic E-state index is 0. The minimum atomic E-state index is 0. The van der Waals surface area contributed by atoms with Crippen LogP contribution in [0, 0.1) is 6.92 Å². The monoisotopic (exact) mass is 404 g/mol. The van der Waals surface area contributed by atoms with Gasteiger partial charge >= 0.3 is 0 Å². The number of carbonyl (C=O) groups excluding carboxylic acids is 1. The van der Waals surface area contributed by atoms with E-state index >= 15 is 0 Å². The van der Waals surface area contributed by atoms with Gasteiger partial charge in [0.2, 0.25) is 5.91 Å². The van der Waals surface area contributed by atoms with Crippen molar-refractivity contribution >= 4 is 29.9 Å². The van der Waals surface area contributed by atoms with E-state index < -0.39 is 0 Å². The molecule has 144 valence electrons. The highest BCUT2D eigenvalue weighted by Gasteiger charge is 2.35. The van der Waals surface area contributed by atoms with Crippen LogP contribution < -0.4 is 0 Å². The van der Waals surface area contributed by atoms with Crippen LogP contribution in [0.5, 0.6) is 0 Å². The van der Waals surface area contributed by atoms with Gasteiger partial charge in [0, 0.05) is 43.7 Å². The molecule has 27 heavy (non-hydrogen) atoms. The molecule has 0 bridgehead atoms. The Balaban J connectivity index is 0.00000210. The van der Waals surface area contributed by atoms with Crippen LogP contribution in [0.3, 0.4) is 0 Å². The van der Waals surface area contributed by atoms with E-state index in [0.29, 0.717) is 12.5 Å². The molecule has 2 aliphatic heterocycles. The first-order chi connectivity index (χ1) is 12.6. The van der Waals surface area contributed by atoms with Crippen molar-refractivity contribution in [3.8, 4) is 0 Å². The maximum absolute atomic E-state index is 12.5. The summed E-state index contributed by atoms with van der Waals surface area (Å²) in [4.78, 5) is 17.0. The van der Waals surface area contributed by atoms with E-state index in [0.717, 1.165) is 49.6 Å². The van der Waals surface area contributed by atoms with Crippen LogP contribution in [0.15, 0.2) is 42.5 Å². The van der Waals surface area contributed by atoms with E-state index in [2.05, 4.69) is 35.2 Å². The van der Waals surface area contributed by atoms with E-state index in [1.165, 1.54) is 16.7 Å². The fourth-order valence-corrected chi connectivity index (χ4v) is 4.11. The van der Waals surface area contributed by atoms with Crippen LogP contribution in [0.1, 0.15) is 28.7 Å². The average molecular weight is 405 g/mol. The number of benzene rings is 2. The highest BCUT2D eigenvalue weighted by molar-refractivity contribution is 6.31. The molecule has 4 rings (SSSR count). The zero-order valence-corrected chi connectivity index (χ0v) is 17.2. The summed E-state index contributed by atoms with van der Waals surface area (Å²) in [5, 5.41) is 0.786. The molecule has 2 aromatic rings. The van der Waals surface area contributed by atoms with Crippen LogP contribution >= 0.6 is 24.0 Å². The third-order valence-corrected chi connectivity index (χ3v) is 6.17. The molecule has 0 N–H and O–H groups in total. The van der Waals surface area contributed by atoms with Gasteiger partial charge in [-0.2, -0.15) is 0 Å². The largest absolute Gasteiger partial charge is 0.339 e. The Morgan fingerprint density at radius 2 is 1.89 bits per heavy atom. The summed E-state index contributed by atoms with van der Waals surface area (Å²) in [6, 6.07) is 15.3. The van der Waals surface area contributed by atoms with Crippen molar-refractivity contribution in [3.63, 3.8) is 0 Å². The number of fused-ring (bicyclic) bond motifs is 1. The minimum Gasteiger partial charge on any atom is -0.339 e. The average Bonchev–Trinajstić information content (AvgIpc) is 2.61. The molecule has 2 heterocycles. The van der Waals surface area contributed by atoms with E-state index in [1.807, 2.05) is 24.0 Å². The van der Waals surface area contributed by atoms with Crippen LogP contribution in [0.2, 0.25) is 5.02 Å². The lowest BCUT2D eigenvalue weighted by atomic mass is 9.96. The predicted molar refractivity (Wildman–Crippen MR) is 113 cm³/mol. The summed E-state index contributed by atoms with van der Waals surface area (Å²) in [5.41, 5.74) is 5.19. The van der Waals surface area contributed by atoms with E-state index in [1.54, 1.807) is 0 Å². The van der Waals surface area contributed by atoms with Crippen molar-refractivity contribution in [1.82, 2.24) is 9.80 Å². The van der Waals surface area contributed by atoms with Gasteiger partial charge in [-0.05, 0) is 48.1 Å². The van der Waals surface area contributed by atoms with Crippen molar-refractivity contribution in [2.45, 2.75) is 38.8 Å². The molecule has 0 aromatic heterocycles. The van der Waals surface area contributed by atoms with Crippen molar-refractivity contribution in [2.24, 2.45) is 0 Å². The fourth-order valence-electron chi connectivity index (χ4n) is 3.99. The van der Waals surface area contributed by atoms with Crippen LogP contribution in [-0.2, 0) is 24.2 Å². The summed E-state index contributed by atoms with van der Waals surface area (Å²) >= 11 is 6.07. The van der Waals surface area contributed by atoms with Gasteiger partial charge in [0.15, 0.2) is 0 Å². The summed E-state index contributed by atoms with van der Waals surface area (Å²) in [6.45, 7) is 5.88. The molecule has 3 nitrogen and oxygen atoms in total. The molecule has 0 unspecified atom stereocenters. The maximum Gasteiger partial charge on any atom is 0.223 e. The second kappa shape index (κ2) is 8.64. The molecule has 0 saturated carbocycles. The quantitative estimate of drug-likeness (QED) is 0.759. The Morgan fingerprint density at radius 3 is 2.63 bits per heavy atom. The van der Waals surface area contributed by atoms with Crippen LogP contribution in [0.25, 0.3) is 0 Å². The molecule has 0 spiro atoms. The molecule has 1 saturated heterocycles. The summed E-state index contributed by atoms with van der Waals surface area (Å²) in [6.07, 6.45) is 2.49. The van der Waals surface area contributed by atoms with Gasteiger partial charge in [-0.1, -0.05) is 48.0 Å². The van der Waals surface area contributed by atoms with Crippen molar-refractivity contribution in [3.05, 3.63) is 69.7 Å². The second-order valence-corrected chi connectivity index (χ2v) is 7.93. The number of rotatable bonds is 4. The normalized spacial score (nSPS) is 17.0. The van der Waals surface area contributed by atoms with Gasteiger partial charge in [0.05, 0.1) is 0 Å². The number of aryl methyl sites for hydroxylation is 2. The zero-order chi connectivity index (χ0) is 18.1. The van der Waals surface area contributed by atoms with Crippen molar-refractivity contribution < 1.29 is 4.79 Å². The number of carbonyl (C=O) groups is 1. The lowest BCUT2D eigenvalue weighted by Crippen LogP contribution is -2.61. The predicted octanol–water partition coefficient (Wildman–Crippen LogP) is 4.27. The number of nitrogens with zero attached hydrogens (tertiary/aromatic N) is 2. The Labute approximate surface area is 172 Å². The van der Waals surface area contributed by atoms with Crippen molar-refractivity contribution in [1.29, 1.82) is 0 Å². The van der Waals surface area contributed by atoms with Gasteiger partial charge < -0.3 is 4.90 Å². The summed E-state index contributed by atoms with van der Waals surface area (Å²) in [7, 11) is 0. The highest BCUT2D eigenvalue weighted by Crippen LogP contribution is 2.25. The molecule has 2 aliphatic rings. The number of likely N-dealkylation sites (tertiary alicyclic amines) is 1. The summed E-state index contributed by atoms with van der Waals surface area (Å²) < 4.78 is 0. The van der Waals surface area contributed by atoms with E-state index in [4.69, 9.17) is 11.6 Å². The lowest BCUT2D eigenvalue weighted by molar-refractivity contribution is -0.138. The molecule has 1 amide bonds. The molecule has 0 radical (unpaired) electrons. The molecule has 0 atom stereocenters. The molecule has 5 heteroatoms. The number of halogens is 2. The Hall–Kier alpha value is -1.55. The molecule has 0 aliphatic carbocycles. The Bertz CT molecular complexity index is 818. The van der Waals surface area contributed by atoms with E-state index in [-0.39, 0.29) is 18.3 Å². The smallest absolute Gasteiger partial charge is 0.223 e. The zero-order valence-electron chi connectivity index (χ0n) is 15.7. The first-order valence-corrected chi connectivity index (χ1v) is 9.81. The molecular formula is C22H26Cl2N2O. The summed E-state index contributed by atoms with van der Waals surface area (Å²) in [5.74, 6) is 0.270. The van der Waals surface area contributed by atoms with Gasteiger partial charge in [-0.25, -0.2) is 0 Å². The molecule has 1 fully saturated rings. The van der Waals surface area contributed by atoms with Crippen LogP contribution in [0.4, 0.5) is 0 Å². The first-order valence-electron chi connectivity index (χ1n) is 9.44. The Morgan fingerprint density at radius 1 is 1.15 bits per heavy atom. The van der Waals surface area contributed by atoms with E-state index in [9.17, 15) is 4.79 Å². The third-order valence-electron chi connectivity index (χ3n) is 5.74. The van der Waals surface area contributed by atoms with Gasteiger partial charge in [-0.3, -0.25) is 9.69 Å². The fraction of sp³-hybridized carbons (Fsp3) is 0.409. The Kier molecular flexibility index (Phi) is 6.46. The number of hydrogen-bond acceptors (Lipinski definition) is 2. The highest BCUT2D eigenvalue weighted by atomic mass is 35.5. The maximum atomic E-state index is 12.5. The third kappa shape index (κ3) is 4.48. The lowest BCUT2D eigenvalue weighted by Gasteiger charge is -2.47.